The van der Waals surface area contributed by atoms with E-state index in [0.29, 0.717) is 6.54 Å². The van der Waals surface area contributed by atoms with E-state index in [0.717, 1.165) is 42.3 Å². The number of halogens is 1. The van der Waals surface area contributed by atoms with Gasteiger partial charge in [-0.1, -0.05) is 30.7 Å². The topological polar surface area (TPSA) is 32.3 Å². The van der Waals surface area contributed by atoms with Crippen LogP contribution in [0.4, 0.5) is 4.79 Å². The van der Waals surface area contributed by atoms with E-state index >= 15 is 0 Å². The molecular weight excluding hydrogens is 292 g/mol. The third-order valence-electron chi connectivity index (χ3n) is 2.87. The minimum Gasteiger partial charge on any atom is -0.338 e. The molecule has 2 amide bonds. The summed E-state index contributed by atoms with van der Waals surface area (Å²) >= 11 is 7.67. The summed E-state index contributed by atoms with van der Waals surface area (Å²) in [6.45, 7) is 4.20. The Morgan fingerprint density at radius 1 is 1.35 bits per heavy atom. The van der Waals surface area contributed by atoms with E-state index in [9.17, 15) is 4.79 Å². The van der Waals surface area contributed by atoms with Gasteiger partial charge in [-0.25, -0.2) is 4.79 Å². The number of amides is 2. The van der Waals surface area contributed by atoms with Crippen LogP contribution in [0.15, 0.2) is 24.3 Å². The molecular formula is C15H23ClN2OS. The summed E-state index contributed by atoms with van der Waals surface area (Å²) in [6.07, 6.45) is 4.03. The number of carbonyl (C=O) groups is 1. The molecule has 0 aromatic heterocycles. The Balaban J connectivity index is 2.50. The number of urea groups is 1. The highest BCUT2D eigenvalue weighted by molar-refractivity contribution is 7.98. The van der Waals surface area contributed by atoms with Gasteiger partial charge in [-0.2, -0.15) is 11.8 Å². The first-order valence-electron chi connectivity index (χ1n) is 6.93. The highest BCUT2D eigenvalue weighted by atomic mass is 35.5. The molecule has 0 spiro atoms. The maximum atomic E-state index is 12.1. The largest absolute Gasteiger partial charge is 0.338 e. The van der Waals surface area contributed by atoms with Crippen molar-refractivity contribution >= 4 is 29.4 Å². The molecule has 112 valence electrons. The number of hydrogen-bond donors (Lipinski definition) is 1. The van der Waals surface area contributed by atoms with E-state index < -0.39 is 0 Å². The molecule has 0 fully saturated rings. The lowest BCUT2D eigenvalue weighted by molar-refractivity contribution is 0.195. The van der Waals surface area contributed by atoms with Crippen LogP contribution < -0.4 is 5.32 Å². The molecule has 0 unspecified atom stereocenters. The second-order valence-corrected chi connectivity index (χ2v) is 6.05. The molecule has 0 aliphatic heterocycles. The van der Waals surface area contributed by atoms with Crippen LogP contribution in [0.3, 0.4) is 0 Å². The van der Waals surface area contributed by atoms with Gasteiger partial charge in [0.2, 0.25) is 0 Å². The molecule has 5 heteroatoms. The van der Waals surface area contributed by atoms with Gasteiger partial charge in [0.05, 0.1) is 0 Å². The number of nitrogens with zero attached hydrogens (tertiary/aromatic N) is 1. The van der Waals surface area contributed by atoms with Crippen LogP contribution in [0.2, 0.25) is 5.02 Å². The Hall–Kier alpha value is -0.870. The summed E-state index contributed by atoms with van der Waals surface area (Å²) in [5.74, 6) is 1.07. The molecule has 0 saturated carbocycles. The van der Waals surface area contributed by atoms with Crippen LogP contribution in [0.5, 0.6) is 0 Å². The number of nitrogens with one attached hydrogen (secondary N) is 1. The molecule has 1 N–H and O–H groups in total. The van der Waals surface area contributed by atoms with Crippen molar-refractivity contribution in [2.75, 3.05) is 25.1 Å². The predicted octanol–water partition coefficient (Wildman–Crippen LogP) is 4.01. The third kappa shape index (κ3) is 6.53. The summed E-state index contributed by atoms with van der Waals surface area (Å²) in [7, 11) is 0. The van der Waals surface area contributed by atoms with E-state index in [4.69, 9.17) is 11.6 Å². The van der Waals surface area contributed by atoms with E-state index in [-0.39, 0.29) is 6.03 Å². The fraction of sp³-hybridized carbons (Fsp3) is 0.533. The number of carbonyl (C=O) groups excluding carboxylic acids is 1. The van der Waals surface area contributed by atoms with Crippen LogP contribution in [-0.4, -0.2) is 36.0 Å². The summed E-state index contributed by atoms with van der Waals surface area (Å²) < 4.78 is 0. The van der Waals surface area contributed by atoms with Crippen LogP contribution in [0, 0.1) is 0 Å². The number of thioether (sulfide) groups is 1. The Labute approximate surface area is 131 Å². The van der Waals surface area contributed by atoms with Crippen molar-refractivity contribution in [1.82, 2.24) is 10.2 Å². The normalized spacial score (nSPS) is 10.3. The van der Waals surface area contributed by atoms with Gasteiger partial charge < -0.3 is 10.2 Å². The van der Waals surface area contributed by atoms with Gasteiger partial charge in [-0.15, -0.1) is 0 Å². The maximum absolute atomic E-state index is 12.1. The van der Waals surface area contributed by atoms with Crippen molar-refractivity contribution in [2.45, 2.75) is 26.3 Å². The quantitative estimate of drug-likeness (QED) is 0.735. The van der Waals surface area contributed by atoms with Crippen molar-refractivity contribution in [2.24, 2.45) is 0 Å². The zero-order valence-corrected chi connectivity index (χ0v) is 13.8. The number of rotatable bonds is 8. The zero-order chi connectivity index (χ0) is 14.8. The average Bonchev–Trinajstić information content (AvgIpc) is 2.45. The first kappa shape index (κ1) is 17.2. The van der Waals surface area contributed by atoms with Gasteiger partial charge in [-0.05, 0) is 42.5 Å². The van der Waals surface area contributed by atoms with Gasteiger partial charge in [0.25, 0.3) is 0 Å². The van der Waals surface area contributed by atoms with Gasteiger partial charge in [0, 0.05) is 24.7 Å². The van der Waals surface area contributed by atoms with Crippen molar-refractivity contribution in [3.05, 3.63) is 34.9 Å². The lowest BCUT2D eigenvalue weighted by Gasteiger charge is -2.22. The zero-order valence-electron chi connectivity index (χ0n) is 12.2. The molecule has 0 radical (unpaired) electrons. The van der Waals surface area contributed by atoms with E-state index in [2.05, 4.69) is 18.5 Å². The average molecular weight is 315 g/mol. The fourth-order valence-electron chi connectivity index (χ4n) is 1.86. The summed E-state index contributed by atoms with van der Waals surface area (Å²) in [6, 6.07) is 7.66. The van der Waals surface area contributed by atoms with Crippen LogP contribution in [0.25, 0.3) is 0 Å². The van der Waals surface area contributed by atoms with Crippen molar-refractivity contribution in [3.63, 3.8) is 0 Å². The highest BCUT2D eigenvalue weighted by Gasteiger charge is 2.12. The molecule has 0 aliphatic carbocycles. The predicted molar refractivity (Wildman–Crippen MR) is 88.6 cm³/mol. The first-order valence-corrected chi connectivity index (χ1v) is 8.70. The molecule has 1 rings (SSSR count). The van der Waals surface area contributed by atoms with Crippen molar-refractivity contribution in [1.29, 1.82) is 0 Å². The maximum Gasteiger partial charge on any atom is 0.317 e. The SMILES string of the molecule is CCCN(Cc1ccc(Cl)cc1)C(=O)NCCCSC. The molecule has 1 aromatic carbocycles. The summed E-state index contributed by atoms with van der Waals surface area (Å²) in [5.41, 5.74) is 1.10. The Morgan fingerprint density at radius 2 is 2.05 bits per heavy atom. The van der Waals surface area contributed by atoms with Crippen LogP contribution in [-0.2, 0) is 6.54 Å². The molecule has 0 aliphatic rings. The molecule has 0 saturated heterocycles. The lowest BCUT2D eigenvalue weighted by atomic mass is 10.2. The second kappa shape index (κ2) is 9.94. The van der Waals surface area contributed by atoms with Gasteiger partial charge in [0.15, 0.2) is 0 Å². The minimum atomic E-state index is 0.0166. The molecule has 1 aromatic rings. The van der Waals surface area contributed by atoms with E-state index in [1.165, 1.54) is 0 Å². The monoisotopic (exact) mass is 314 g/mol. The first-order chi connectivity index (χ1) is 9.67. The summed E-state index contributed by atoms with van der Waals surface area (Å²) in [5, 5.41) is 3.70. The number of hydrogen-bond acceptors (Lipinski definition) is 2. The third-order valence-corrected chi connectivity index (χ3v) is 3.82. The Morgan fingerprint density at radius 3 is 2.65 bits per heavy atom. The Kier molecular flexibility index (Phi) is 8.54. The molecule has 0 atom stereocenters. The smallest absolute Gasteiger partial charge is 0.317 e. The summed E-state index contributed by atoms with van der Waals surface area (Å²) in [4.78, 5) is 14.0. The van der Waals surface area contributed by atoms with Gasteiger partial charge in [0.1, 0.15) is 0 Å². The minimum absolute atomic E-state index is 0.0166. The number of benzene rings is 1. The standard InChI is InChI=1S/C15H23ClN2OS/c1-3-10-18(15(19)17-9-4-11-20-2)12-13-5-7-14(16)8-6-13/h5-8H,3-4,9-12H2,1-2H3,(H,17,19). The fourth-order valence-corrected chi connectivity index (χ4v) is 2.42. The lowest BCUT2D eigenvalue weighted by Crippen LogP contribution is -2.40. The van der Waals surface area contributed by atoms with Crippen LogP contribution >= 0.6 is 23.4 Å². The van der Waals surface area contributed by atoms with E-state index in [1.54, 1.807) is 11.8 Å². The Bertz CT molecular complexity index is 397. The molecule has 0 heterocycles. The molecule has 20 heavy (non-hydrogen) atoms. The van der Waals surface area contributed by atoms with Crippen molar-refractivity contribution in [3.8, 4) is 0 Å². The molecule has 0 bridgehead atoms. The second-order valence-electron chi connectivity index (χ2n) is 4.63. The van der Waals surface area contributed by atoms with Gasteiger partial charge in [-0.3, -0.25) is 0 Å². The highest BCUT2D eigenvalue weighted by Crippen LogP contribution is 2.12. The van der Waals surface area contributed by atoms with Gasteiger partial charge >= 0.3 is 6.03 Å². The van der Waals surface area contributed by atoms with Crippen molar-refractivity contribution < 1.29 is 4.79 Å². The van der Waals surface area contributed by atoms with E-state index in [1.807, 2.05) is 29.2 Å². The van der Waals surface area contributed by atoms with Crippen LogP contribution in [0.1, 0.15) is 25.3 Å². The molecule has 3 nitrogen and oxygen atoms in total.